The second-order valence-electron chi connectivity index (χ2n) is 6.02. The van der Waals surface area contributed by atoms with Gasteiger partial charge in [0.05, 0.1) is 17.6 Å². The minimum atomic E-state index is -0.640. The van der Waals surface area contributed by atoms with E-state index in [-0.39, 0.29) is 6.61 Å². The Kier molecular flexibility index (Phi) is 5.68. The smallest absolute Gasteiger partial charge is 0.136 e. The molecule has 132 valence electrons. The average molecular weight is 340 g/mol. The van der Waals surface area contributed by atoms with E-state index in [0.717, 1.165) is 29.0 Å². The summed E-state index contributed by atoms with van der Waals surface area (Å²) < 4.78 is 12.9. The second-order valence-corrected chi connectivity index (χ2v) is 6.02. The van der Waals surface area contributed by atoms with Crippen LogP contribution >= 0.6 is 0 Å². The number of aryl methyl sites for hydroxylation is 1. The molecule has 0 amide bonds. The Bertz CT molecular complexity index is 811. The van der Waals surface area contributed by atoms with Crippen molar-refractivity contribution in [1.29, 1.82) is 0 Å². The van der Waals surface area contributed by atoms with Gasteiger partial charge in [-0.25, -0.2) is 4.98 Å². The first kappa shape index (κ1) is 17.5. The standard InChI is InChI=1S/C20H24N2O3/c1-3-15-8-10-17(11-9-15)25-13-16(23)12-22-19-7-5-4-6-18(19)21-20(22)14-24-2/h4-11,16,23H,3,12-14H2,1-2H3. The number of benzene rings is 2. The summed E-state index contributed by atoms with van der Waals surface area (Å²) in [5.41, 5.74) is 3.15. The summed E-state index contributed by atoms with van der Waals surface area (Å²) in [5.74, 6) is 1.57. The molecular weight excluding hydrogens is 316 g/mol. The van der Waals surface area contributed by atoms with Crippen molar-refractivity contribution in [3.05, 3.63) is 59.9 Å². The van der Waals surface area contributed by atoms with Gasteiger partial charge in [0, 0.05) is 7.11 Å². The minimum Gasteiger partial charge on any atom is -0.491 e. The molecule has 0 radical (unpaired) electrons. The van der Waals surface area contributed by atoms with Crippen LogP contribution in [-0.2, 0) is 24.3 Å². The number of aliphatic hydroxyl groups excluding tert-OH is 1. The van der Waals surface area contributed by atoms with Crippen LogP contribution in [0, 0.1) is 0 Å². The van der Waals surface area contributed by atoms with Gasteiger partial charge in [0.15, 0.2) is 0 Å². The van der Waals surface area contributed by atoms with E-state index < -0.39 is 6.10 Å². The average Bonchev–Trinajstić information content (AvgIpc) is 2.98. The summed E-state index contributed by atoms with van der Waals surface area (Å²) in [6.45, 7) is 3.16. The Morgan fingerprint density at radius 1 is 1.12 bits per heavy atom. The lowest BCUT2D eigenvalue weighted by Gasteiger charge is -2.15. The Balaban J connectivity index is 1.68. The maximum absolute atomic E-state index is 10.4. The Hall–Kier alpha value is -2.37. The van der Waals surface area contributed by atoms with E-state index in [9.17, 15) is 5.11 Å². The zero-order valence-corrected chi connectivity index (χ0v) is 14.7. The van der Waals surface area contributed by atoms with E-state index in [0.29, 0.717) is 13.2 Å². The number of fused-ring (bicyclic) bond motifs is 1. The van der Waals surface area contributed by atoms with Crippen molar-refractivity contribution in [3.63, 3.8) is 0 Å². The highest BCUT2D eigenvalue weighted by atomic mass is 16.5. The van der Waals surface area contributed by atoms with Crippen LogP contribution in [0.1, 0.15) is 18.3 Å². The maximum Gasteiger partial charge on any atom is 0.136 e. The van der Waals surface area contributed by atoms with Crippen LogP contribution < -0.4 is 4.74 Å². The molecule has 0 aliphatic carbocycles. The highest BCUT2D eigenvalue weighted by Crippen LogP contribution is 2.18. The third kappa shape index (κ3) is 4.18. The second kappa shape index (κ2) is 8.14. The number of rotatable bonds is 8. The van der Waals surface area contributed by atoms with Gasteiger partial charge in [-0.1, -0.05) is 31.2 Å². The SMILES string of the molecule is CCc1ccc(OCC(O)Cn2c(COC)nc3ccccc32)cc1. The Labute approximate surface area is 147 Å². The van der Waals surface area contributed by atoms with E-state index in [1.54, 1.807) is 7.11 Å². The fraction of sp³-hybridized carbons (Fsp3) is 0.350. The van der Waals surface area contributed by atoms with Crippen molar-refractivity contribution in [2.45, 2.75) is 32.6 Å². The third-order valence-corrected chi connectivity index (χ3v) is 4.17. The molecule has 3 aromatic rings. The summed E-state index contributed by atoms with van der Waals surface area (Å²) in [7, 11) is 1.64. The largest absolute Gasteiger partial charge is 0.491 e. The third-order valence-electron chi connectivity index (χ3n) is 4.17. The molecule has 5 nitrogen and oxygen atoms in total. The van der Waals surface area contributed by atoms with E-state index in [2.05, 4.69) is 11.9 Å². The zero-order chi connectivity index (χ0) is 17.6. The van der Waals surface area contributed by atoms with Gasteiger partial charge in [-0.05, 0) is 36.2 Å². The summed E-state index contributed by atoms with van der Waals surface area (Å²) >= 11 is 0. The predicted octanol–water partition coefficient (Wildman–Crippen LogP) is 3.19. The fourth-order valence-corrected chi connectivity index (χ4v) is 2.85. The monoisotopic (exact) mass is 340 g/mol. The first-order valence-electron chi connectivity index (χ1n) is 8.54. The van der Waals surface area contributed by atoms with E-state index >= 15 is 0 Å². The van der Waals surface area contributed by atoms with Gasteiger partial charge in [0.25, 0.3) is 0 Å². The summed E-state index contributed by atoms with van der Waals surface area (Å²) in [4.78, 5) is 4.58. The van der Waals surface area contributed by atoms with E-state index in [1.807, 2.05) is 53.1 Å². The van der Waals surface area contributed by atoms with Crippen LogP contribution in [0.3, 0.4) is 0 Å². The molecular formula is C20H24N2O3. The minimum absolute atomic E-state index is 0.227. The van der Waals surface area contributed by atoms with Crippen LogP contribution in [-0.4, -0.2) is 34.5 Å². The molecule has 0 aliphatic rings. The highest BCUT2D eigenvalue weighted by molar-refractivity contribution is 5.75. The van der Waals surface area contributed by atoms with Gasteiger partial charge in [-0.15, -0.1) is 0 Å². The fourth-order valence-electron chi connectivity index (χ4n) is 2.85. The first-order valence-corrected chi connectivity index (χ1v) is 8.54. The summed E-state index contributed by atoms with van der Waals surface area (Å²) in [5, 5.41) is 10.4. The van der Waals surface area contributed by atoms with Crippen LogP contribution in [0.4, 0.5) is 0 Å². The number of nitrogens with zero attached hydrogens (tertiary/aromatic N) is 2. The molecule has 1 N–H and O–H groups in total. The number of para-hydroxylation sites is 2. The molecule has 1 unspecified atom stereocenters. The van der Waals surface area contributed by atoms with Gasteiger partial charge >= 0.3 is 0 Å². The first-order chi connectivity index (χ1) is 12.2. The van der Waals surface area contributed by atoms with Gasteiger partial charge in [-0.2, -0.15) is 0 Å². The van der Waals surface area contributed by atoms with E-state index in [1.165, 1.54) is 5.56 Å². The maximum atomic E-state index is 10.4. The highest BCUT2D eigenvalue weighted by Gasteiger charge is 2.14. The zero-order valence-electron chi connectivity index (χ0n) is 14.7. The number of hydrogen-bond donors (Lipinski definition) is 1. The van der Waals surface area contributed by atoms with Crippen LogP contribution in [0.2, 0.25) is 0 Å². The van der Waals surface area contributed by atoms with Crippen LogP contribution in [0.15, 0.2) is 48.5 Å². The molecule has 25 heavy (non-hydrogen) atoms. The van der Waals surface area contributed by atoms with Crippen molar-refractivity contribution in [3.8, 4) is 5.75 Å². The molecule has 0 saturated carbocycles. The van der Waals surface area contributed by atoms with Crippen molar-refractivity contribution in [2.24, 2.45) is 0 Å². The topological polar surface area (TPSA) is 56.5 Å². The number of hydrogen-bond acceptors (Lipinski definition) is 4. The van der Waals surface area contributed by atoms with Gasteiger partial charge < -0.3 is 19.1 Å². The van der Waals surface area contributed by atoms with Crippen molar-refractivity contribution in [1.82, 2.24) is 9.55 Å². The summed E-state index contributed by atoms with van der Waals surface area (Å²) in [6, 6.07) is 15.8. The van der Waals surface area contributed by atoms with E-state index in [4.69, 9.17) is 9.47 Å². The van der Waals surface area contributed by atoms with Crippen molar-refractivity contribution in [2.75, 3.05) is 13.7 Å². The Morgan fingerprint density at radius 3 is 2.60 bits per heavy atom. The molecule has 1 heterocycles. The summed E-state index contributed by atoms with van der Waals surface area (Å²) in [6.07, 6.45) is 0.359. The van der Waals surface area contributed by atoms with Gasteiger partial charge in [-0.3, -0.25) is 0 Å². The number of imidazole rings is 1. The molecule has 1 aromatic heterocycles. The Morgan fingerprint density at radius 2 is 1.88 bits per heavy atom. The van der Waals surface area contributed by atoms with Crippen molar-refractivity contribution < 1.29 is 14.6 Å². The molecule has 1 atom stereocenters. The lowest BCUT2D eigenvalue weighted by atomic mass is 10.2. The lowest BCUT2D eigenvalue weighted by molar-refractivity contribution is 0.0901. The quantitative estimate of drug-likeness (QED) is 0.684. The molecule has 0 fully saturated rings. The predicted molar refractivity (Wildman–Crippen MR) is 97.8 cm³/mol. The lowest BCUT2D eigenvalue weighted by Crippen LogP contribution is -2.24. The number of ether oxygens (including phenoxy) is 2. The molecule has 0 spiro atoms. The molecule has 0 saturated heterocycles. The molecule has 5 heteroatoms. The van der Waals surface area contributed by atoms with Crippen LogP contribution in [0.5, 0.6) is 5.75 Å². The normalized spacial score (nSPS) is 12.4. The number of aliphatic hydroxyl groups is 1. The number of methoxy groups -OCH3 is 1. The molecule has 2 aromatic carbocycles. The van der Waals surface area contributed by atoms with Gasteiger partial charge in [0.1, 0.15) is 30.9 Å². The number of aromatic nitrogens is 2. The van der Waals surface area contributed by atoms with Crippen LogP contribution in [0.25, 0.3) is 11.0 Å². The van der Waals surface area contributed by atoms with Crippen molar-refractivity contribution >= 4 is 11.0 Å². The van der Waals surface area contributed by atoms with Gasteiger partial charge in [0.2, 0.25) is 0 Å². The molecule has 0 bridgehead atoms. The molecule has 0 aliphatic heterocycles. The molecule has 3 rings (SSSR count).